The molecule has 7 nitrogen and oxygen atoms in total. The minimum absolute atomic E-state index is 0.0826. The molecule has 1 amide bonds. The first-order chi connectivity index (χ1) is 13.1. The zero-order chi connectivity index (χ0) is 19.2. The zero-order valence-corrected chi connectivity index (χ0v) is 15.9. The van der Waals surface area contributed by atoms with Crippen LogP contribution in [0.25, 0.3) is 0 Å². The van der Waals surface area contributed by atoms with Crippen molar-refractivity contribution in [1.29, 1.82) is 0 Å². The normalized spacial score (nSPS) is 16.4. The van der Waals surface area contributed by atoms with Crippen molar-refractivity contribution in [2.24, 2.45) is 0 Å². The van der Waals surface area contributed by atoms with Gasteiger partial charge in [-0.15, -0.1) is 23.4 Å². The van der Waals surface area contributed by atoms with Crippen molar-refractivity contribution >= 4 is 17.7 Å². The van der Waals surface area contributed by atoms with Crippen LogP contribution in [0.15, 0.2) is 54.7 Å². The summed E-state index contributed by atoms with van der Waals surface area (Å²) in [4.78, 5) is 12.1. The fourth-order valence-electron chi connectivity index (χ4n) is 2.60. The van der Waals surface area contributed by atoms with E-state index in [1.54, 1.807) is 12.2 Å². The Balaban J connectivity index is 1.78. The number of nitrogens with one attached hydrogen (secondary N) is 1. The molecule has 2 aromatic rings. The fourth-order valence-corrected chi connectivity index (χ4v) is 3.49. The second kappa shape index (κ2) is 8.77. The van der Waals surface area contributed by atoms with Gasteiger partial charge in [-0.05, 0) is 19.1 Å². The van der Waals surface area contributed by atoms with Gasteiger partial charge in [-0.25, -0.2) is 0 Å². The lowest BCUT2D eigenvalue weighted by atomic mass is 10.2. The van der Waals surface area contributed by atoms with Crippen LogP contribution < -0.4 is 14.8 Å². The van der Waals surface area contributed by atoms with Crippen molar-refractivity contribution in [2.45, 2.75) is 30.0 Å². The number of carbonyl (C=O) groups is 1. The molecule has 0 aliphatic carbocycles. The van der Waals surface area contributed by atoms with Crippen LogP contribution in [0.5, 0.6) is 11.5 Å². The van der Waals surface area contributed by atoms with Crippen LogP contribution in [-0.2, 0) is 11.3 Å². The van der Waals surface area contributed by atoms with Gasteiger partial charge in [-0.1, -0.05) is 36.0 Å². The molecule has 1 aliphatic rings. The van der Waals surface area contributed by atoms with Gasteiger partial charge in [0.25, 0.3) is 0 Å². The molecule has 0 unspecified atom stereocenters. The van der Waals surface area contributed by atoms with E-state index in [-0.39, 0.29) is 17.3 Å². The molecule has 142 valence electrons. The molecule has 0 saturated carbocycles. The van der Waals surface area contributed by atoms with Crippen LogP contribution >= 0.6 is 11.8 Å². The standard InChI is InChI=1S/C19H22N4O3S/c1-4-10-20-18(24)13(3)27-19-22-21-17(23(19)11-5-2)16-12-25-14-8-6-7-9-15(14)26-16/h4-9,13,16H,1-2,10-12H2,3H3,(H,20,24)/t13-,16+/m0/s1. The smallest absolute Gasteiger partial charge is 0.233 e. The average molecular weight is 386 g/mol. The summed E-state index contributed by atoms with van der Waals surface area (Å²) < 4.78 is 13.7. The minimum atomic E-state index is -0.383. The van der Waals surface area contributed by atoms with E-state index in [2.05, 4.69) is 28.7 Å². The maximum Gasteiger partial charge on any atom is 0.233 e. The molecule has 1 aromatic carbocycles. The first-order valence-electron chi connectivity index (χ1n) is 8.61. The largest absolute Gasteiger partial charge is 0.485 e. The summed E-state index contributed by atoms with van der Waals surface area (Å²) in [6.07, 6.45) is 3.02. The van der Waals surface area contributed by atoms with Crippen LogP contribution in [0.3, 0.4) is 0 Å². The zero-order valence-electron chi connectivity index (χ0n) is 15.1. The highest BCUT2D eigenvalue weighted by atomic mass is 32.2. The van der Waals surface area contributed by atoms with E-state index in [1.165, 1.54) is 11.8 Å². The number of benzene rings is 1. The third-order valence-electron chi connectivity index (χ3n) is 3.93. The summed E-state index contributed by atoms with van der Waals surface area (Å²) >= 11 is 1.34. The summed E-state index contributed by atoms with van der Waals surface area (Å²) in [5.41, 5.74) is 0. The molecule has 8 heteroatoms. The lowest BCUT2D eigenvalue weighted by Gasteiger charge is -2.26. The average Bonchev–Trinajstić information content (AvgIpc) is 3.08. The Morgan fingerprint density at radius 3 is 2.89 bits per heavy atom. The van der Waals surface area contributed by atoms with Gasteiger partial charge in [-0.3, -0.25) is 9.36 Å². The highest BCUT2D eigenvalue weighted by Crippen LogP contribution is 2.36. The minimum Gasteiger partial charge on any atom is -0.485 e. The molecular weight excluding hydrogens is 364 g/mol. The molecule has 1 N–H and O–H groups in total. The van der Waals surface area contributed by atoms with Gasteiger partial charge >= 0.3 is 0 Å². The predicted octanol–water partition coefficient (Wildman–Crippen LogP) is 2.76. The fraction of sp³-hybridized carbons (Fsp3) is 0.316. The van der Waals surface area contributed by atoms with Gasteiger partial charge < -0.3 is 14.8 Å². The number of hydrogen-bond donors (Lipinski definition) is 1. The van der Waals surface area contributed by atoms with Gasteiger partial charge in [-0.2, -0.15) is 0 Å². The summed E-state index contributed by atoms with van der Waals surface area (Å²) in [7, 11) is 0. The van der Waals surface area contributed by atoms with Crippen molar-refractivity contribution in [1.82, 2.24) is 20.1 Å². The molecule has 2 heterocycles. The first kappa shape index (κ1) is 19.0. The van der Waals surface area contributed by atoms with Crippen LogP contribution in [-0.4, -0.2) is 39.1 Å². The van der Waals surface area contributed by atoms with Crippen molar-refractivity contribution < 1.29 is 14.3 Å². The number of nitrogens with zero attached hydrogens (tertiary/aromatic N) is 3. The molecule has 27 heavy (non-hydrogen) atoms. The molecule has 3 rings (SSSR count). The molecular formula is C19H22N4O3S. The van der Waals surface area contributed by atoms with E-state index >= 15 is 0 Å². The number of thioether (sulfide) groups is 1. The molecule has 0 fully saturated rings. The second-order valence-electron chi connectivity index (χ2n) is 5.90. The van der Waals surface area contributed by atoms with Gasteiger partial charge in [0.2, 0.25) is 5.91 Å². The summed E-state index contributed by atoms with van der Waals surface area (Å²) in [5.74, 6) is 1.95. The second-order valence-corrected chi connectivity index (χ2v) is 7.21. The van der Waals surface area contributed by atoms with E-state index in [0.717, 1.165) is 0 Å². The Kier molecular flexibility index (Phi) is 6.18. The predicted molar refractivity (Wildman–Crippen MR) is 104 cm³/mol. The van der Waals surface area contributed by atoms with Crippen molar-refractivity contribution in [2.75, 3.05) is 13.2 Å². The number of hydrogen-bond acceptors (Lipinski definition) is 6. The van der Waals surface area contributed by atoms with Crippen molar-refractivity contribution in [3.8, 4) is 11.5 Å². The van der Waals surface area contributed by atoms with E-state index in [9.17, 15) is 4.79 Å². The Labute approximate surface area is 162 Å². The molecule has 0 saturated heterocycles. The Bertz CT molecular complexity index is 836. The van der Waals surface area contributed by atoms with E-state index in [4.69, 9.17) is 9.47 Å². The van der Waals surface area contributed by atoms with Crippen LogP contribution in [0.4, 0.5) is 0 Å². The number of para-hydroxylation sites is 2. The van der Waals surface area contributed by atoms with Crippen LogP contribution in [0, 0.1) is 0 Å². The summed E-state index contributed by atoms with van der Waals surface area (Å²) in [6.45, 7) is 10.5. The molecule has 1 aliphatic heterocycles. The van der Waals surface area contributed by atoms with Gasteiger partial charge in [0.15, 0.2) is 28.6 Å². The van der Waals surface area contributed by atoms with Crippen LogP contribution in [0.2, 0.25) is 0 Å². The summed E-state index contributed by atoms with van der Waals surface area (Å²) in [5, 5.41) is 11.7. The van der Waals surface area contributed by atoms with Gasteiger partial charge in [0.1, 0.15) is 6.61 Å². The van der Waals surface area contributed by atoms with E-state index < -0.39 is 0 Å². The number of ether oxygens (including phenoxy) is 2. The van der Waals surface area contributed by atoms with Crippen LogP contribution in [0.1, 0.15) is 18.9 Å². The maximum atomic E-state index is 12.1. The third-order valence-corrected chi connectivity index (χ3v) is 5.01. The molecule has 0 radical (unpaired) electrons. The number of aromatic nitrogens is 3. The Morgan fingerprint density at radius 1 is 1.37 bits per heavy atom. The number of amides is 1. The Morgan fingerprint density at radius 2 is 2.15 bits per heavy atom. The highest BCUT2D eigenvalue weighted by Gasteiger charge is 2.29. The van der Waals surface area contributed by atoms with E-state index in [1.807, 2.05) is 35.8 Å². The number of carbonyl (C=O) groups excluding carboxylic acids is 1. The molecule has 0 spiro atoms. The lowest BCUT2D eigenvalue weighted by Crippen LogP contribution is -2.31. The topological polar surface area (TPSA) is 78.3 Å². The quantitative estimate of drug-likeness (QED) is 0.555. The molecule has 1 aromatic heterocycles. The monoisotopic (exact) mass is 386 g/mol. The SMILES string of the molecule is C=CCNC(=O)[C@H](C)Sc1nnc([C@H]2COc3ccccc3O2)n1CC=C. The van der Waals surface area contributed by atoms with Crippen molar-refractivity contribution in [3.63, 3.8) is 0 Å². The molecule has 2 atom stereocenters. The first-order valence-corrected chi connectivity index (χ1v) is 9.49. The number of allylic oxidation sites excluding steroid dienone is 1. The maximum absolute atomic E-state index is 12.1. The highest BCUT2D eigenvalue weighted by molar-refractivity contribution is 8.00. The van der Waals surface area contributed by atoms with E-state index in [0.29, 0.717) is 42.2 Å². The van der Waals surface area contributed by atoms with Gasteiger partial charge in [0, 0.05) is 13.1 Å². The number of fused-ring (bicyclic) bond motifs is 1. The third kappa shape index (κ3) is 4.33. The van der Waals surface area contributed by atoms with Crippen molar-refractivity contribution in [3.05, 3.63) is 55.4 Å². The summed E-state index contributed by atoms with van der Waals surface area (Å²) in [6, 6.07) is 7.52. The number of rotatable bonds is 8. The molecule has 0 bridgehead atoms. The lowest BCUT2D eigenvalue weighted by molar-refractivity contribution is -0.120. The Hall–Kier alpha value is -2.74. The van der Waals surface area contributed by atoms with Gasteiger partial charge in [0.05, 0.1) is 5.25 Å².